The third-order valence-corrected chi connectivity index (χ3v) is 6.60. The maximum absolute atomic E-state index is 12.8. The van der Waals surface area contributed by atoms with Crippen LogP contribution in [0, 0.1) is 5.92 Å². The Labute approximate surface area is 157 Å². The molecule has 2 aromatic rings. The van der Waals surface area contributed by atoms with Gasteiger partial charge in [0.2, 0.25) is 5.50 Å². The highest BCUT2D eigenvalue weighted by Gasteiger charge is 2.31. The smallest absolute Gasteiger partial charge is 0.396 e. The zero-order chi connectivity index (χ0) is 18.6. The fourth-order valence-electron chi connectivity index (χ4n) is 2.27. The minimum atomic E-state index is -3.47. The van der Waals surface area contributed by atoms with E-state index in [1.165, 1.54) is 11.3 Å². The first-order valence-corrected chi connectivity index (χ1v) is 10.9. The molecule has 0 saturated carbocycles. The first kappa shape index (κ1) is 20.3. The van der Waals surface area contributed by atoms with Gasteiger partial charge in [-0.2, -0.15) is 0 Å². The minimum absolute atomic E-state index is 0.173. The molecule has 0 bridgehead atoms. The van der Waals surface area contributed by atoms with Crippen LogP contribution in [0.15, 0.2) is 16.5 Å². The molecule has 0 amide bonds. The summed E-state index contributed by atoms with van der Waals surface area (Å²) in [4.78, 5) is 5.79. The van der Waals surface area contributed by atoms with Gasteiger partial charge in [-0.05, 0) is 38.3 Å². The Balaban J connectivity index is 2.44. The van der Waals surface area contributed by atoms with Crippen LogP contribution in [0.1, 0.15) is 37.6 Å². The lowest BCUT2D eigenvalue weighted by atomic mass is 10.1. The van der Waals surface area contributed by atoms with Crippen LogP contribution >= 0.6 is 31.2 Å². The highest BCUT2D eigenvalue weighted by atomic mass is 32.1. The van der Waals surface area contributed by atoms with Crippen molar-refractivity contribution in [1.29, 1.82) is 0 Å². The molecule has 0 fully saturated rings. The Kier molecular flexibility index (Phi) is 6.93. The molecule has 0 aromatic carbocycles. The van der Waals surface area contributed by atoms with E-state index < -0.39 is 7.60 Å². The summed E-state index contributed by atoms with van der Waals surface area (Å²) in [6.07, 6.45) is 0.820. The molecule has 0 unspecified atom stereocenters. The molecule has 2 aromatic heterocycles. The van der Waals surface area contributed by atoms with E-state index in [0.717, 1.165) is 11.3 Å². The Hall–Kier alpha value is -1.05. The first-order valence-electron chi connectivity index (χ1n) is 8.10. The predicted octanol–water partition coefficient (Wildman–Crippen LogP) is 4.13. The predicted molar refractivity (Wildman–Crippen MR) is 105 cm³/mol. The molecule has 0 aliphatic carbocycles. The summed E-state index contributed by atoms with van der Waals surface area (Å²) >= 11 is 6.50. The van der Waals surface area contributed by atoms with Crippen molar-refractivity contribution in [3.8, 4) is 11.5 Å². The van der Waals surface area contributed by atoms with Gasteiger partial charge in [0.05, 0.1) is 13.2 Å². The molecule has 0 aliphatic heterocycles. The van der Waals surface area contributed by atoms with Crippen molar-refractivity contribution in [1.82, 2.24) is 4.98 Å². The van der Waals surface area contributed by atoms with Crippen LogP contribution in [0.25, 0.3) is 11.5 Å². The monoisotopic (exact) mass is 402 g/mol. The average molecular weight is 402 g/mol. The quantitative estimate of drug-likeness (QED) is 0.498. The van der Waals surface area contributed by atoms with Gasteiger partial charge >= 0.3 is 7.60 Å². The molecule has 0 atom stereocenters. The number of thiocarbonyl (C=S) groups is 1. The zero-order valence-corrected chi connectivity index (χ0v) is 17.3. The van der Waals surface area contributed by atoms with E-state index in [0.29, 0.717) is 22.4 Å². The molecule has 0 aliphatic rings. The van der Waals surface area contributed by atoms with Crippen LogP contribution in [-0.4, -0.2) is 23.2 Å². The number of rotatable bonds is 9. The number of hydrogen-bond donors (Lipinski definition) is 1. The highest BCUT2D eigenvalue weighted by Crippen LogP contribution is 2.48. The van der Waals surface area contributed by atoms with E-state index in [1.54, 1.807) is 26.0 Å². The largest absolute Gasteiger partial charge is 0.446 e. The Bertz CT molecular complexity index is 775. The van der Waals surface area contributed by atoms with E-state index in [2.05, 4.69) is 18.8 Å². The zero-order valence-electron chi connectivity index (χ0n) is 14.8. The summed E-state index contributed by atoms with van der Waals surface area (Å²) in [5, 5.41) is 0.594. The molecular weight excluding hydrogens is 379 g/mol. The van der Waals surface area contributed by atoms with Crippen LogP contribution in [0.2, 0.25) is 0 Å². The second-order valence-electron chi connectivity index (χ2n) is 5.72. The third kappa shape index (κ3) is 4.77. The maximum Gasteiger partial charge on any atom is 0.396 e. The second kappa shape index (κ2) is 8.56. The molecule has 2 heterocycles. The molecule has 25 heavy (non-hydrogen) atoms. The number of furan rings is 1. The van der Waals surface area contributed by atoms with Gasteiger partial charge in [0, 0.05) is 4.88 Å². The van der Waals surface area contributed by atoms with Gasteiger partial charge in [-0.15, -0.1) is 11.3 Å². The molecule has 0 radical (unpaired) electrons. The number of hydrogen-bond acceptors (Lipinski definition) is 7. The number of aromatic nitrogens is 1. The SMILES string of the molecule is CCOP(=O)(OCC)c1ccc(-c2nc(C(N)=S)sc2CC(C)C)o1. The van der Waals surface area contributed by atoms with Crippen molar-refractivity contribution >= 4 is 41.6 Å². The molecule has 2 N–H and O–H groups in total. The van der Waals surface area contributed by atoms with Crippen molar-refractivity contribution in [2.45, 2.75) is 34.1 Å². The molecule has 6 nitrogen and oxygen atoms in total. The standard InChI is InChI=1S/C16H23N2O4PS2/c1-5-20-23(19,21-6-2)13-8-7-11(22-13)14-12(9-10(3)4)25-16(18-14)15(17)24/h7-8,10H,5-6,9H2,1-4H3,(H2,17,24). The average Bonchev–Trinajstić information content (AvgIpc) is 3.14. The van der Waals surface area contributed by atoms with Crippen molar-refractivity contribution < 1.29 is 18.0 Å². The first-order chi connectivity index (χ1) is 11.8. The van der Waals surface area contributed by atoms with Gasteiger partial charge in [0.15, 0.2) is 10.8 Å². The third-order valence-electron chi connectivity index (χ3n) is 3.20. The van der Waals surface area contributed by atoms with Gasteiger partial charge in [-0.1, -0.05) is 26.1 Å². The summed E-state index contributed by atoms with van der Waals surface area (Å²) in [7, 11) is -3.47. The molecule has 138 valence electrons. The Morgan fingerprint density at radius 3 is 2.52 bits per heavy atom. The summed E-state index contributed by atoms with van der Waals surface area (Å²) in [6, 6.07) is 3.34. The van der Waals surface area contributed by atoms with Gasteiger partial charge in [0.25, 0.3) is 0 Å². The fourth-order valence-corrected chi connectivity index (χ4v) is 5.04. The van der Waals surface area contributed by atoms with Gasteiger partial charge in [-0.25, -0.2) is 4.98 Å². The molecule has 2 rings (SSSR count). The number of nitrogens with zero attached hydrogens (tertiary/aromatic N) is 1. The van der Waals surface area contributed by atoms with Crippen LogP contribution in [0.3, 0.4) is 0 Å². The number of nitrogens with two attached hydrogens (primary N) is 1. The number of thiazole rings is 1. The second-order valence-corrected chi connectivity index (χ2v) is 9.20. The summed E-state index contributed by atoms with van der Waals surface area (Å²) in [6.45, 7) is 8.27. The fraction of sp³-hybridized carbons (Fsp3) is 0.500. The molecular formula is C16H23N2O4PS2. The van der Waals surface area contributed by atoms with Crippen molar-refractivity contribution in [3.05, 3.63) is 22.0 Å². The normalized spacial score (nSPS) is 12.0. The lowest BCUT2D eigenvalue weighted by Crippen LogP contribution is -2.08. The maximum atomic E-state index is 12.8. The van der Waals surface area contributed by atoms with Gasteiger partial charge < -0.3 is 19.2 Å². The molecule has 0 spiro atoms. The van der Waals surface area contributed by atoms with Gasteiger partial charge in [-0.3, -0.25) is 4.57 Å². The van der Waals surface area contributed by atoms with Crippen LogP contribution in [0.4, 0.5) is 0 Å². The van der Waals surface area contributed by atoms with Crippen LogP contribution in [-0.2, 0) is 20.0 Å². The van der Waals surface area contributed by atoms with E-state index in [9.17, 15) is 4.57 Å². The molecule has 9 heteroatoms. The van der Waals surface area contributed by atoms with E-state index in [-0.39, 0.29) is 23.7 Å². The van der Waals surface area contributed by atoms with Crippen LogP contribution in [0.5, 0.6) is 0 Å². The lowest BCUT2D eigenvalue weighted by molar-refractivity contribution is 0.225. The summed E-state index contributed by atoms with van der Waals surface area (Å²) in [5.41, 5.74) is 6.57. The lowest BCUT2D eigenvalue weighted by Gasteiger charge is -2.13. The highest BCUT2D eigenvalue weighted by molar-refractivity contribution is 7.81. The minimum Gasteiger partial charge on any atom is -0.446 e. The Morgan fingerprint density at radius 1 is 1.36 bits per heavy atom. The molecule has 0 saturated heterocycles. The van der Waals surface area contributed by atoms with Gasteiger partial charge in [0.1, 0.15) is 10.7 Å². The van der Waals surface area contributed by atoms with Crippen LogP contribution < -0.4 is 11.2 Å². The van der Waals surface area contributed by atoms with Crippen molar-refractivity contribution in [2.24, 2.45) is 11.7 Å². The van der Waals surface area contributed by atoms with Crippen molar-refractivity contribution in [3.63, 3.8) is 0 Å². The van der Waals surface area contributed by atoms with E-state index >= 15 is 0 Å². The topological polar surface area (TPSA) is 87.6 Å². The van der Waals surface area contributed by atoms with E-state index in [4.69, 9.17) is 31.4 Å². The summed E-state index contributed by atoms with van der Waals surface area (Å²) in [5.74, 6) is 0.940. The summed E-state index contributed by atoms with van der Waals surface area (Å²) < 4.78 is 29.3. The van der Waals surface area contributed by atoms with Crippen molar-refractivity contribution in [2.75, 3.05) is 13.2 Å². The Morgan fingerprint density at radius 2 is 2.00 bits per heavy atom. The van der Waals surface area contributed by atoms with E-state index in [1.807, 2.05) is 0 Å².